The number of hydrogen-bond donors (Lipinski definition) is 1. The van der Waals surface area contributed by atoms with E-state index in [0.29, 0.717) is 38.2 Å². The molecule has 136 valence electrons. The normalized spacial score (nSPS) is 15.6. The van der Waals surface area contributed by atoms with Crippen LogP contribution in [-0.2, 0) is 36.1 Å². The molecule has 0 atom stereocenters. The monoisotopic (exact) mass is 367 g/mol. The number of nitrogens with one attached hydrogen (secondary N) is 1. The van der Waals surface area contributed by atoms with Gasteiger partial charge in [0.15, 0.2) is 0 Å². The number of amides is 1. The predicted octanol–water partition coefficient (Wildman–Crippen LogP) is 0.529. The van der Waals surface area contributed by atoms with Crippen LogP contribution in [0.2, 0.25) is 0 Å². The van der Waals surface area contributed by atoms with Gasteiger partial charge in [-0.1, -0.05) is 12.1 Å². The Bertz CT molecular complexity index is 870. The van der Waals surface area contributed by atoms with Crippen LogP contribution < -0.4 is 5.32 Å². The van der Waals surface area contributed by atoms with E-state index in [1.807, 2.05) is 13.0 Å². The molecule has 0 unspecified atom stereocenters. The van der Waals surface area contributed by atoms with Crippen LogP contribution >= 0.6 is 0 Å². The van der Waals surface area contributed by atoms with E-state index < -0.39 is 10.0 Å². The number of nitrogens with zero attached hydrogens (tertiary/aromatic N) is 4. The van der Waals surface area contributed by atoms with Crippen molar-refractivity contribution in [2.45, 2.75) is 39.4 Å². The van der Waals surface area contributed by atoms with E-state index in [4.69, 9.17) is 4.52 Å². The third-order valence-corrected chi connectivity index (χ3v) is 5.32. The van der Waals surface area contributed by atoms with Crippen molar-refractivity contribution >= 4 is 15.9 Å². The average Bonchev–Trinajstić information content (AvgIpc) is 3.13. The van der Waals surface area contributed by atoms with Crippen LogP contribution in [0.25, 0.3) is 0 Å². The molecule has 1 aliphatic rings. The first kappa shape index (κ1) is 17.6. The van der Waals surface area contributed by atoms with Gasteiger partial charge in [-0.3, -0.25) is 9.48 Å². The molecule has 0 saturated carbocycles. The molecule has 3 heterocycles. The quantitative estimate of drug-likeness (QED) is 0.825. The molecule has 0 aromatic carbocycles. The predicted molar refractivity (Wildman–Crippen MR) is 89.1 cm³/mol. The fourth-order valence-corrected chi connectivity index (χ4v) is 3.53. The Kier molecular flexibility index (Phi) is 4.91. The summed E-state index contributed by atoms with van der Waals surface area (Å²) in [5, 5.41) is 11.0. The Balaban J connectivity index is 1.66. The Hall–Kier alpha value is -2.20. The molecule has 9 nitrogen and oxygen atoms in total. The molecule has 10 heteroatoms. The maximum atomic E-state index is 12.1. The van der Waals surface area contributed by atoms with Gasteiger partial charge in [0.25, 0.3) is 5.91 Å². The minimum atomic E-state index is -3.24. The molecule has 2 aromatic heterocycles. The van der Waals surface area contributed by atoms with Crippen molar-refractivity contribution < 1.29 is 17.7 Å². The lowest BCUT2D eigenvalue weighted by atomic mass is 10.3. The smallest absolute Gasteiger partial charge is 0.290 e. The van der Waals surface area contributed by atoms with Crippen molar-refractivity contribution in [2.24, 2.45) is 0 Å². The van der Waals surface area contributed by atoms with Crippen molar-refractivity contribution in [1.82, 2.24) is 24.6 Å². The van der Waals surface area contributed by atoms with Gasteiger partial charge >= 0.3 is 0 Å². The maximum Gasteiger partial charge on any atom is 0.290 e. The minimum Gasteiger partial charge on any atom is -0.351 e. The average molecular weight is 367 g/mol. The highest BCUT2D eigenvalue weighted by atomic mass is 32.2. The van der Waals surface area contributed by atoms with Crippen LogP contribution in [0.1, 0.15) is 41.0 Å². The molecule has 1 amide bonds. The van der Waals surface area contributed by atoms with E-state index in [2.05, 4.69) is 15.6 Å². The number of fused-ring (bicyclic) bond motifs is 1. The minimum absolute atomic E-state index is 0.167. The second-order valence-electron chi connectivity index (χ2n) is 6.02. The number of carbonyl (C=O) groups is 1. The van der Waals surface area contributed by atoms with Crippen molar-refractivity contribution in [2.75, 3.05) is 12.8 Å². The van der Waals surface area contributed by atoms with Gasteiger partial charge in [0, 0.05) is 19.2 Å². The summed E-state index contributed by atoms with van der Waals surface area (Å²) in [6.07, 6.45) is 2.61. The van der Waals surface area contributed by atoms with Crippen LogP contribution in [0.5, 0.6) is 0 Å². The molecule has 25 heavy (non-hydrogen) atoms. The highest BCUT2D eigenvalue weighted by molar-refractivity contribution is 7.88. The number of aryl methyl sites for hydroxylation is 2. The fraction of sp³-hybridized carbons (Fsp3) is 0.533. The Morgan fingerprint density at radius 3 is 2.80 bits per heavy atom. The molecular formula is C15H21N5O4S. The van der Waals surface area contributed by atoms with Crippen LogP contribution in [0.4, 0.5) is 0 Å². The summed E-state index contributed by atoms with van der Waals surface area (Å²) in [5.41, 5.74) is 2.22. The van der Waals surface area contributed by atoms with Crippen molar-refractivity contribution in [3.05, 3.63) is 35.0 Å². The second-order valence-corrected chi connectivity index (χ2v) is 8.00. The van der Waals surface area contributed by atoms with E-state index in [0.717, 1.165) is 11.4 Å². The van der Waals surface area contributed by atoms with E-state index in [9.17, 15) is 13.2 Å². The van der Waals surface area contributed by atoms with Gasteiger partial charge in [-0.2, -0.15) is 9.40 Å². The number of rotatable bonds is 5. The first-order valence-corrected chi connectivity index (χ1v) is 9.96. The summed E-state index contributed by atoms with van der Waals surface area (Å²) in [4.78, 5) is 12.1. The molecule has 0 spiro atoms. The topological polar surface area (TPSA) is 110 Å². The maximum absolute atomic E-state index is 12.1. The van der Waals surface area contributed by atoms with Gasteiger partial charge in [-0.05, 0) is 18.9 Å². The van der Waals surface area contributed by atoms with Gasteiger partial charge in [0.1, 0.15) is 0 Å². The largest absolute Gasteiger partial charge is 0.351 e. The van der Waals surface area contributed by atoms with Crippen LogP contribution in [0.15, 0.2) is 16.7 Å². The molecule has 3 rings (SSSR count). The van der Waals surface area contributed by atoms with Crippen molar-refractivity contribution in [3.8, 4) is 0 Å². The zero-order chi connectivity index (χ0) is 18.0. The lowest BCUT2D eigenvalue weighted by molar-refractivity contribution is 0.0913. The molecule has 2 aromatic rings. The van der Waals surface area contributed by atoms with Gasteiger partial charge < -0.3 is 9.84 Å². The molecule has 0 bridgehead atoms. The Morgan fingerprint density at radius 2 is 2.12 bits per heavy atom. The van der Waals surface area contributed by atoms with Crippen LogP contribution in [0.3, 0.4) is 0 Å². The summed E-state index contributed by atoms with van der Waals surface area (Å²) in [5.74, 6) is -0.186. The van der Waals surface area contributed by atoms with Crippen LogP contribution in [-0.4, -0.2) is 46.4 Å². The van der Waals surface area contributed by atoms with Crippen molar-refractivity contribution in [3.63, 3.8) is 0 Å². The zero-order valence-electron chi connectivity index (χ0n) is 14.2. The molecule has 1 N–H and O–H groups in total. The highest BCUT2D eigenvalue weighted by Gasteiger charge is 2.23. The summed E-state index contributed by atoms with van der Waals surface area (Å²) >= 11 is 0. The summed E-state index contributed by atoms with van der Waals surface area (Å²) in [6.45, 7) is 3.59. The Morgan fingerprint density at radius 1 is 1.32 bits per heavy atom. The first-order chi connectivity index (χ1) is 11.9. The van der Waals surface area contributed by atoms with Crippen molar-refractivity contribution in [1.29, 1.82) is 0 Å². The Labute approximate surface area is 146 Å². The van der Waals surface area contributed by atoms with Gasteiger partial charge in [0.05, 0.1) is 36.4 Å². The molecule has 0 saturated heterocycles. The number of hydrogen-bond acceptors (Lipinski definition) is 6. The summed E-state index contributed by atoms with van der Waals surface area (Å²) in [6, 6.07) is 3.43. The summed E-state index contributed by atoms with van der Waals surface area (Å²) < 4.78 is 31.8. The second kappa shape index (κ2) is 6.96. The van der Waals surface area contributed by atoms with Gasteiger partial charge in [-0.15, -0.1) is 0 Å². The standard InChI is InChI=1S/C15H21N5O4S/c1-3-11-8-14(24-18-11)15(21)16-9-12-7-13-10-19(25(2,22)23)5-4-6-20(13)17-12/h7-8H,3-6,9-10H2,1-2H3,(H,16,21). The van der Waals surface area contributed by atoms with E-state index in [1.54, 1.807) is 10.7 Å². The lowest BCUT2D eigenvalue weighted by Crippen LogP contribution is -2.29. The lowest BCUT2D eigenvalue weighted by Gasteiger charge is -2.16. The number of sulfonamides is 1. The molecular weight excluding hydrogens is 346 g/mol. The van der Waals surface area contributed by atoms with E-state index in [-0.39, 0.29) is 18.2 Å². The molecule has 1 aliphatic heterocycles. The first-order valence-electron chi connectivity index (χ1n) is 8.11. The molecule has 0 aliphatic carbocycles. The van der Waals surface area contributed by atoms with E-state index >= 15 is 0 Å². The number of carbonyl (C=O) groups excluding carboxylic acids is 1. The molecule has 0 fully saturated rings. The third-order valence-electron chi connectivity index (χ3n) is 4.07. The third kappa shape index (κ3) is 4.07. The zero-order valence-corrected chi connectivity index (χ0v) is 15.0. The summed E-state index contributed by atoms with van der Waals surface area (Å²) in [7, 11) is -3.24. The number of aromatic nitrogens is 3. The van der Waals surface area contributed by atoms with Crippen LogP contribution in [0, 0.1) is 0 Å². The highest BCUT2D eigenvalue weighted by Crippen LogP contribution is 2.16. The fourth-order valence-electron chi connectivity index (χ4n) is 2.71. The van der Waals surface area contributed by atoms with Gasteiger partial charge in [0.2, 0.25) is 15.8 Å². The molecule has 0 radical (unpaired) electrons. The van der Waals surface area contributed by atoms with E-state index in [1.165, 1.54) is 10.6 Å². The SMILES string of the molecule is CCc1cc(C(=O)NCc2cc3n(n2)CCCN(S(C)(=O)=O)C3)on1. The van der Waals surface area contributed by atoms with Gasteiger partial charge in [-0.25, -0.2) is 8.42 Å².